The van der Waals surface area contributed by atoms with E-state index in [0.717, 1.165) is 16.9 Å². The molecule has 0 radical (unpaired) electrons. The van der Waals surface area contributed by atoms with Crippen molar-refractivity contribution < 1.29 is 37.4 Å². The molecule has 41 heavy (non-hydrogen) atoms. The number of alkyl halides is 1. The van der Waals surface area contributed by atoms with Crippen LogP contribution >= 0.6 is 23.7 Å². The van der Waals surface area contributed by atoms with Gasteiger partial charge in [-0.15, -0.1) is 0 Å². The van der Waals surface area contributed by atoms with Gasteiger partial charge in [-0.3, -0.25) is 13.9 Å². The Morgan fingerprint density at radius 3 is 2.68 bits per heavy atom. The number of ether oxygens (including phenoxy) is 2. The minimum atomic E-state index is -4.40. The average molecular weight is 657 g/mol. The molecule has 1 aliphatic heterocycles. The number of nitrogens with one attached hydrogen (secondary N) is 1. The number of carbonyl (C=O) groups excluding carboxylic acids is 1. The van der Waals surface area contributed by atoms with Crippen molar-refractivity contribution in [1.29, 1.82) is 0 Å². The normalized spacial score (nSPS) is 24.7. The van der Waals surface area contributed by atoms with Crippen molar-refractivity contribution in [2.45, 2.75) is 63.9 Å². The number of aliphatic hydroxyl groups is 1. The van der Waals surface area contributed by atoms with Crippen LogP contribution in [0.4, 0.5) is 10.2 Å². The Labute approximate surface area is 243 Å². The number of nitrogen functional groups attached to an aromatic ring is 1. The zero-order valence-corrected chi connectivity index (χ0v) is 25.2. The summed E-state index contributed by atoms with van der Waals surface area (Å²) in [4.78, 5) is 28.6. The van der Waals surface area contributed by atoms with Crippen molar-refractivity contribution >= 4 is 46.2 Å². The summed E-state index contributed by atoms with van der Waals surface area (Å²) in [5.74, 6) is -0.624. The smallest absolute Gasteiger partial charge is 0.459 e. The molecule has 0 bridgehead atoms. The van der Waals surface area contributed by atoms with Crippen LogP contribution in [0.2, 0.25) is 0 Å². The maximum absolute atomic E-state index is 15.8. The van der Waals surface area contributed by atoms with Gasteiger partial charge < -0.3 is 24.8 Å². The third-order valence-corrected chi connectivity index (χ3v) is 8.58. The van der Waals surface area contributed by atoms with Gasteiger partial charge in [-0.05, 0) is 55.1 Å². The van der Waals surface area contributed by atoms with Crippen LogP contribution in [0.3, 0.4) is 0 Å². The molecular formula is C26H31BrFN4O8P. The Balaban J connectivity index is 1.60. The van der Waals surface area contributed by atoms with Gasteiger partial charge in [0.25, 0.3) is 0 Å². The molecular weight excluding hydrogens is 626 g/mol. The molecule has 1 aromatic heterocycles. The molecule has 6 atom stereocenters. The van der Waals surface area contributed by atoms with Crippen LogP contribution < -0.4 is 21.0 Å². The number of aromatic nitrogens is 2. The molecule has 0 saturated carbocycles. The van der Waals surface area contributed by atoms with Crippen LogP contribution in [0.25, 0.3) is 10.8 Å². The van der Waals surface area contributed by atoms with Gasteiger partial charge >= 0.3 is 19.4 Å². The molecule has 4 N–H and O–H groups in total. The highest BCUT2D eigenvalue weighted by atomic mass is 79.9. The number of rotatable bonds is 10. The van der Waals surface area contributed by atoms with Gasteiger partial charge in [0.05, 0.1) is 17.2 Å². The maximum atomic E-state index is 15.8. The summed E-state index contributed by atoms with van der Waals surface area (Å²) in [5.41, 5.74) is 2.24. The number of halogens is 2. The molecule has 0 spiro atoms. The second-order valence-corrected chi connectivity index (χ2v) is 12.5. The van der Waals surface area contributed by atoms with Crippen LogP contribution in [-0.2, 0) is 23.4 Å². The molecule has 3 aromatic rings. The molecule has 1 aliphatic rings. The number of hydrogen-bond acceptors (Lipinski definition) is 10. The summed E-state index contributed by atoms with van der Waals surface area (Å²) in [6, 6.07) is 11.2. The fraction of sp³-hybridized carbons (Fsp3) is 0.423. The lowest BCUT2D eigenvalue weighted by molar-refractivity contribution is -0.149. The van der Waals surface area contributed by atoms with Gasteiger partial charge in [-0.1, -0.05) is 36.4 Å². The summed E-state index contributed by atoms with van der Waals surface area (Å²) >= 11 is 3.14. The maximum Gasteiger partial charge on any atom is 0.459 e. The second kappa shape index (κ2) is 12.2. The average Bonchev–Trinajstić information content (AvgIpc) is 3.13. The molecule has 15 heteroatoms. The highest BCUT2D eigenvalue weighted by Crippen LogP contribution is 2.49. The second-order valence-electron chi connectivity index (χ2n) is 9.99. The lowest BCUT2D eigenvalue weighted by Gasteiger charge is -2.26. The van der Waals surface area contributed by atoms with Crippen molar-refractivity contribution in [3.8, 4) is 5.75 Å². The van der Waals surface area contributed by atoms with E-state index < -0.39 is 62.3 Å². The number of nitrogens with two attached hydrogens (primary N) is 1. The first-order valence-corrected chi connectivity index (χ1v) is 15.0. The Morgan fingerprint density at radius 1 is 1.29 bits per heavy atom. The van der Waals surface area contributed by atoms with Gasteiger partial charge in [-0.25, -0.2) is 13.8 Å². The molecule has 1 saturated heterocycles. The summed E-state index contributed by atoms with van der Waals surface area (Å²) in [6.07, 6.45) is -4.07. The fourth-order valence-electron chi connectivity index (χ4n) is 4.27. The van der Waals surface area contributed by atoms with Crippen molar-refractivity contribution in [1.82, 2.24) is 14.6 Å². The van der Waals surface area contributed by atoms with Crippen LogP contribution in [-0.4, -0.2) is 57.3 Å². The minimum Gasteiger partial charge on any atom is -0.462 e. The van der Waals surface area contributed by atoms with Crippen LogP contribution in [0.15, 0.2) is 57.9 Å². The van der Waals surface area contributed by atoms with E-state index in [1.807, 2.05) is 18.2 Å². The number of benzene rings is 2. The highest BCUT2D eigenvalue weighted by Gasteiger charge is 2.56. The SMILES string of the molecule is CC(C)OC(=O)[C@@H](C)N[P@@](=O)(OC[C@H]1O[C@@H](n2cc(Br)c(N)nc2=O)[C@](C)(F)[C@@H]1O)Oc1cccc2ccccc12. The highest BCUT2D eigenvalue weighted by molar-refractivity contribution is 9.10. The van der Waals surface area contributed by atoms with E-state index in [0.29, 0.717) is 5.39 Å². The first kappa shape index (κ1) is 31.1. The molecule has 12 nitrogen and oxygen atoms in total. The minimum absolute atomic E-state index is 0.104. The van der Waals surface area contributed by atoms with Crippen LogP contribution in [0.1, 0.15) is 33.9 Å². The zero-order valence-electron chi connectivity index (χ0n) is 22.7. The molecule has 4 rings (SSSR count). The van der Waals surface area contributed by atoms with Crippen molar-refractivity contribution in [2.75, 3.05) is 12.3 Å². The topological polar surface area (TPSA) is 164 Å². The predicted molar refractivity (Wildman–Crippen MR) is 152 cm³/mol. The monoisotopic (exact) mass is 656 g/mol. The van der Waals surface area contributed by atoms with E-state index in [1.54, 1.807) is 38.1 Å². The largest absolute Gasteiger partial charge is 0.462 e. The van der Waals surface area contributed by atoms with E-state index in [9.17, 15) is 19.3 Å². The lowest BCUT2D eigenvalue weighted by atomic mass is 9.98. The summed E-state index contributed by atoms with van der Waals surface area (Å²) in [6.45, 7) is 5.15. The molecule has 2 aromatic carbocycles. The first-order chi connectivity index (χ1) is 19.2. The Hall–Kier alpha value is -2.87. The Bertz CT molecular complexity index is 1530. The quantitative estimate of drug-likeness (QED) is 0.214. The number of esters is 1. The number of nitrogens with zero attached hydrogens (tertiary/aromatic N) is 2. The van der Waals surface area contributed by atoms with E-state index in [-0.39, 0.29) is 16.0 Å². The summed E-state index contributed by atoms with van der Waals surface area (Å²) < 4.78 is 53.2. The molecule has 0 unspecified atom stereocenters. The van der Waals surface area contributed by atoms with Gasteiger partial charge in [0.1, 0.15) is 29.8 Å². The number of aliphatic hydroxyl groups excluding tert-OH is 1. The number of anilines is 1. The molecule has 1 fully saturated rings. The van der Waals surface area contributed by atoms with Crippen molar-refractivity contribution in [2.24, 2.45) is 0 Å². The van der Waals surface area contributed by atoms with Crippen molar-refractivity contribution in [3.05, 3.63) is 63.6 Å². The Morgan fingerprint density at radius 2 is 1.98 bits per heavy atom. The van der Waals surface area contributed by atoms with Gasteiger partial charge in [0.15, 0.2) is 11.9 Å². The first-order valence-electron chi connectivity index (χ1n) is 12.7. The molecule has 222 valence electrons. The third-order valence-electron chi connectivity index (χ3n) is 6.34. The van der Waals surface area contributed by atoms with Crippen molar-refractivity contribution in [3.63, 3.8) is 0 Å². The van der Waals surface area contributed by atoms with Gasteiger partial charge in [0.2, 0.25) is 0 Å². The van der Waals surface area contributed by atoms with Crippen LogP contribution in [0, 0.1) is 0 Å². The molecule has 0 amide bonds. The number of hydrogen-bond donors (Lipinski definition) is 3. The number of fused-ring (bicyclic) bond motifs is 1. The molecule has 2 heterocycles. The van der Waals surface area contributed by atoms with Gasteiger partial charge in [0, 0.05) is 11.6 Å². The summed E-state index contributed by atoms with van der Waals surface area (Å²) in [5, 5.41) is 14.8. The fourth-order valence-corrected chi connectivity index (χ4v) is 6.10. The third kappa shape index (κ3) is 6.79. The van der Waals surface area contributed by atoms with E-state index in [2.05, 4.69) is 26.0 Å². The number of carbonyl (C=O) groups is 1. The van der Waals surface area contributed by atoms with Crippen LogP contribution in [0.5, 0.6) is 5.75 Å². The van der Waals surface area contributed by atoms with Gasteiger partial charge in [-0.2, -0.15) is 10.1 Å². The standard InChI is InChI=1S/C26H31BrFN4O8P/c1-14(2)38-23(34)15(3)31-41(36,40-19-11-7-9-16-8-5-6-10-17(16)19)37-13-20-21(33)26(4,28)24(39-20)32-12-18(27)22(29)30-25(32)35/h5-12,14-15,20-21,24,33H,13H2,1-4H3,(H,31,36)(H2,29,30,35)/t15-,20-,21-,24-,26-,41-/m1/s1. The summed E-state index contributed by atoms with van der Waals surface area (Å²) in [7, 11) is -4.40. The Kier molecular flexibility index (Phi) is 9.22. The lowest BCUT2D eigenvalue weighted by Crippen LogP contribution is -2.43. The predicted octanol–water partition coefficient (Wildman–Crippen LogP) is 3.86. The molecule has 0 aliphatic carbocycles. The van der Waals surface area contributed by atoms with E-state index >= 15 is 4.39 Å². The van der Waals surface area contributed by atoms with E-state index in [4.69, 9.17) is 24.3 Å². The zero-order chi connectivity index (χ0) is 30.1. The van der Waals surface area contributed by atoms with E-state index in [1.165, 1.54) is 13.1 Å².